The van der Waals surface area contributed by atoms with E-state index in [0.717, 1.165) is 28.0 Å². The molecule has 0 saturated carbocycles. The smallest absolute Gasteiger partial charge is 0.270 e. The molecule has 1 atom stereocenters. The van der Waals surface area contributed by atoms with E-state index in [9.17, 15) is 13.2 Å². The molecule has 1 heterocycles. The van der Waals surface area contributed by atoms with Crippen molar-refractivity contribution in [2.45, 2.75) is 37.6 Å². The third-order valence-corrected chi connectivity index (χ3v) is 7.19. The normalized spacial score (nSPS) is 12.5. The van der Waals surface area contributed by atoms with Crippen molar-refractivity contribution in [3.05, 3.63) is 70.8 Å². The summed E-state index contributed by atoms with van der Waals surface area (Å²) >= 11 is 0.816. The average Bonchev–Trinajstić information content (AvgIpc) is 3.16. The van der Waals surface area contributed by atoms with Crippen LogP contribution in [0.3, 0.4) is 0 Å². The number of nitrogens with one attached hydrogen (secondary N) is 2. The fourth-order valence-corrected chi connectivity index (χ4v) is 5.15. The van der Waals surface area contributed by atoms with Crippen LogP contribution in [0.1, 0.15) is 46.4 Å². The van der Waals surface area contributed by atoms with Crippen molar-refractivity contribution in [2.24, 2.45) is 0 Å². The highest BCUT2D eigenvalue weighted by atomic mass is 32.2. The minimum Gasteiger partial charge on any atom is -0.296 e. The van der Waals surface area contributed by atoms with Gasteiger partial charge in [-0.25, -0.2) is 13.1 Å². The maximum atomic E-state index is 12.8. The minimum atomic E-state index is -3.88. The van der Waals surface area contributed by atoms with Gasteiger partial charge in [-0.1, -0.05) is 60.7 Å². The Morgan fingerprint density at radius 3 is 2.34 bits per heavy atom. The van der Waals surface area contributed by atoms with Gasteiger partial charge in [0, 0.05) is 11.6 Å². The van der Waals surface area contributed by atoms with E-state index in [0.29, 0.717) is 12.0 Å². The van der Waals surface area contributed by atoms with Gasteiger partial charge in [0.05, 0.1) is 0 Å². The number of anilines is 1. The summed E-state index contributed by atoms with van der Waals surface area (Å²) in [6.07, 6.45) is 0.583. The van der Waals surface area contributed by atoms with E-state index in [2.05, 4.69) is 20.2 Å². The van der Waals surface area contributed by atoms with E-state index in [1.165, 1.54) is 0 Å². The molecule has 0 fully saturated rings. The van der Waals surface area contributed by atoms with Gasteiger partial charge in [0.2, 0.25) is 9.47 Å². The molecule has 3 aromatic rings. The Bertz CT molecular complexity index is 1130. The molecule has 0 unspecified atom stereocenters. The number of aromatic nitrogens is 2. The summed E-state index contributed by atoms with van der Waals surface area (Å²) in [7, 11) is -3.88. The largest absolute Gasteiger partial charge is 0.296 e. The van der Waals surface area contributed by atoms with Gasteiger partial charge >= 0.3 is 0 Å². The molecule has 2 N–H and O–H groups in total. The fraction of sp³-hybridized carbons (Fsp3) is 0.250. The molecule has 0 radical (unpaired) electrons. The molecule has 29 heavy (non-hydrogen) atoms. The van der Waals surface area contributed by atoms with Crippen LogP contribution >= 0.6 is 11.3 Å². The highest BCUT2D eigenvalue weighted by molar-refractivity contribution is 7.91. The summed E-state index contributed by atoms with van der Waals surface area (Å²) in [6.45, 7) is 5.68. The SMILES string of the molecule is CC[C@@H](NS(=O)(=O)c1nnc(NC(=O)c2ccccc2C)s1)c1ccccc1C. The molecule has 0 aliphatic carbocycles. The van der Waals surface area contributed by atoms with Gasteiger partial charge in [-0.15, -0.1) is 10.2 Å². The molecule has 3 rings (SSSR count). The Morgan fingerprint density at radius 1 is 1.03 bits per heavy atom. The van der Waals surface area contributed by atoms with Crippen LogP contribution < -0.4 is 10.0 Å². The highest BCUT2D eigenvalue weighted by Gasteiger charge is 2.25. The van der Waals surface area contributed by atoms with Crippen molar-refractivity contribution in [3.8, 4) is 0 Å². The van der Waals surface area contributed by atoms with E-state index in [-0.39, 0.29) is 21.4 Å². The number of carbonyl (C=O) groups excluding carboxylic acids is 1. The number of nitrogens with zero attached hydrogens (tertiary/aromatic N) is 2. The molecular formula is C20H22N4O3S2. The quantitative estimate of drug-likeness (QED) is 0.555. The predicted octanol–water partition coefficient (Wildman–Crippen LogP) is 3.84. The van der Waals surface area contributed by atoms with Crippen molar-refractivity contribution < 1.29 is 13.2 Å². The van der Waals surface area contributed by atoms with Crippen LogP contribution in [0.25, 0.3) is 0 Å². The van der Waals surface area contributed by atoms with Crippen molar-refractivity contribution in [2.75, 3.05) is 5.32 Å². The standard InChI is InChI=1S/C20H22N4O3S2/c1-4-17(15-11-7-5-9-13(15)2)24-29(26,27)20-23-22-19(28-20)21-18(25)16-12-8-6-10-14(16)3/h5-12,17,24H,4H2,1-3H3,(H,21,22,25)/t17-/m1/s1. The van der Waals surface area contributed by atoms with Crippen LogP contribution in [0.2, 0.25) is 0 Å². The van der Waals surface area contributed by atoms with E-state index in [1.807, 2.05) is 57.2 Å². The highest BCUT2D eigenvalue weighted by Crippen LogP contribution is 2.26. The second-order valence-corrected chi connectivity index (χ2v) is 9.45. The topological polar surface area (TPSA) is 101 Å². The molecule has 1 amide bonds. The molecule has 1 aromatic heterocycles. The second-order valence-electron chi connectivity index (χ2n) is 6.58. The van der Waals surface area contributed by atoms with Crippen molar-refractivity contribution in [1.82, 2.24) is 14.9 Å². The molecule has 0 spiro atoms. The maximum absolute atomic E-state index is 12.8. The van der Waals surface area contributed by atoms with Gasteiger partial charge in [0.1, 0.15) is 0 Å². The summed E-state index contributed by atoms with van der Waals surface area (Å²) in [6, 6.07) is 14.4. The molecule has 2 aromatic carbocycles. The Balaban J connectivity index is 1.77. The number of hydrogen-bond acceptors (Lipinski definition) is 6. The van der Waals surface area contributed by atoms with Crippen LogP contribution in [0.15, 0.2) is 52.9 Å². The molecule has 152 valence electrons. The van der Waals surface area contributed by atoms with Gasteiger partial charge < -0.3 is 0 Å². The molecular weight excluding hydrogens is 408 g/mol. The summed E-state index contributed by atoms with van der Waals surface area (Å²) in [5, 5.41) is 10.3. The number of hydrogen-bond donors (Lipinski definition) is 2. The lowest BCUT2D eigenvalue weighted by Crippen LogP contribution is -2.28. The molecule has 0 bridgehead atoms. The lowest BCUT2D eigenvalue weighted by Gasteiger charge is -2.18. The van der Waals surface area contributed by atoms with Crippen molar-refractivity contribution >= 4 is 32.4 Å². The summed E-state index contributed by atoms with van der Waals surface area (Å²) in [5.41, 5.74) is 3.23. The van der Waals surface area contributed by atoms with Gasteiger partial charge in [-0.3, -0.25) is 10.1 Å². The molecule has 0 aliphatic rings. The predicted molar refractivity (Wildman–Crippen MR) is 114 cm³/mol. The number of carbonyl (C=O) groups is 1. The van der Waals surface area contributed by atoms with Crippen LogP contribution in [0.5, 0.6) is 0 Å². The molecule has 0 aliphatic heterocycles. The summed E-state index contributed by atoms with van der Waals surface area (Å²) < 4.78 is 28.1. The maximum Gasteiger partial charge on any atom is 0.270 e. The van der Waals surface area contributed by atoms with Gasteiger partial charge in [-0.2, -0.15) is 0 Å². The van der Waals surface area contributed by atoms with E-state index < -0.39 is 10.0 Å². The number of aryl methyl sites for hydroxylation is 2. The van der Waals surface area contributed by atoms with Gasteiger partial charge in [-0.05, 0) is 43.0 Å². The van der Waals surface area contributed by atoms with E-state index in [4.69, 9.17) is 0 Å². The average molecular weight is 431 g/mol. The van der Waals surface area contributed by atoms with E-state index >= 15 is 0 Å². The van der Waals surface area contributed by atoms with Crippen LogP contribution in [-0.2, 0) is 10.0 Å². The Morgan fingerprint density at radius 2 is 1.69 bits per heavy atom. The Hall–Kier alpha value is -2.62. The minimum absolute atomic E-state index is 0.127. The third-order valence-electron chi connectivity index (χ3n) is 4.52. The first-order valence-corrected chi connectivity index (χ1v) is 11.4. The fourth-order valence-electron chi connectivity index (χ4n) is 2.94. The third kappa shape index (κ3) is 4.87. The number of rotatable bonds is 7. The van der Waals surface area contributed by atoms with Crippen molar-refractivity contribution in [3.63, 3.8) is 0 Å². The molecule has 7 nitrogen and oxygen atoms in total. The van der Waals surface area contributed by atoms with Crippen LogP contribution in [0.4, 0.5) is 5.13 Å². The number of amides is 1. The molecule has 9 heteroatoms. The summed E-state index contributed by atoms with van der Waals surface area (Å²) in [4.78, 5) is 12.4. The number of benzene rings is 2. The monoisotopic (exact) mass is 430 g/mol. The van der Waals surface area contributed by atoms with Gasteiger partial charge in [0.25, 0.3) is 15.9 Å². The lowest BCUT2D eigenvalue weighted by molar-refractivity contribution is 0.102. The zero-order valence-corrected chi connectivity index (χ0v) is 18.0. The summed E-state index contributed by atoms with van der Waals surface area (Å²) in [5.74, 6) is -0.359. The Kier molecular flexibility index (Phi) is 6.41. The first kappa shape index (κ1) is 21.1. The van der Waals surface area contributed by atoms with Crippen molar-refractivity contribution in [1.29, 1.82) is 0 Å². The van der Waals surface area contributed by atoms with Crippen LogP contribution in [0, 0.1) is 13.8 Å². The first-order chi connectivity index (χ1) is 13.8. The molecule has 0 saturated heterocycles. The first-order valence-electron chi connectivity index (χ1n) is 9.10. The second kappa shape index (κ2) is 8.81. The Labute approximate surface area is 174 Å². The lowest BCUT2D eigenvalue weighted by atomic mass is 10.0. The zero-order valence-electron chi connectivity index (χ0n) is 16.3. The zero-order chi connectivity index (χ0) is 21.0. The van der Waals surface area contributed by atoms with Crippen LogP contribution in [-0.4, -0.2) is 24.5 Å². The van der Waals surface area contributed by atoms with Gasteiger partial charge in [0.15, 0.2) is 0 Å². The number of sulfonamides is 1. The van der Waals surface area contributed by atoms with E-state index in [1.54, 1.807) is 12.1 Å².